The number of aliphatic hydroxyl groups excluding tert-OH is 1. The van der Waals surface area contributed by atoms with E-state index in [-0.39, 0.29) is 17.2 Å². The summed E-state index contributed by atoms with van der Waals surface area (Å²) in [4.78, 5) is 3.66. The third kappa shape index (κ3) is 1.95. The number of alkyl halides is 2. The van der Waals surface area contributed by atoms with E-state index in [2.05, 4.69) is 4.98 Å². The van der Waals surface area contributed by atoms with Crippen molar-refractivity contribution in [3.05, 3.63) is 28.0 Å². The number of nitrogens with zero attached hydrogens (tertiary/aromatic N) is 1. The topological polar surface area (TPSA) is 33.1 Å². The molecular formula is C8H8ClF2NO. The first-order chi connectivity index (χ1) is 6.07. The first kappa shape index (κ1) is 10.3. The largest absolute Gasteiger partial charge is 0.390 e. The van der Waals surface area contributed by atoms with Gasteiger partial charge in [-0.2, -0.15) is 0 Å². The molecule has 0 saturated carbocycles. The Kier molecular flexibility index (Phi) is 3.17. The number of hydrogen-bond donors (Lipinski definition) is 1. The quantitative estimate of drug-likeness (QED) is 0.808. The molecule has 0 amide bonds. The zero-order chi connectivity index (χ0) is 10.0. The summed E-state index contributed by atoms with van der Waals surface area (Å²) in [6.45, 7) is 1.25. The third-order valence-corrected chi connectivity index (χ3v) is 2.26. The Balaban J connectivity index is 3.23. The predicted octanol–water partition coefficient (Wildman–Crippen LogP) is 2.47. The Hall–Kier alpha value is -0.740. The molecule has 72 valence electrons. The van der Waals surface area contributed by atoms with E-state index in [0.29, 0.717) is 11.3 Å². The molecule has 0 saturated heterocycles. The van der Waals surface area contributed by atoms with Gasteiger partial charge in [0.15, 0.2) is 0 Å². The molecule has 1 rings (SSSR count). The molecule has 0 unspecified atom stereocenters. The Morgan fingerprint density at radius 1 is 1.62 bits per heavy atom. The fourth-order valence-electron chi connectivity index (χ4n) is 0.956. The minimum absolute atomic E-state index is 0.0194. The molecule has 0 aliphatic rings. The number of halogens is 3. The molecule has 1 N–H and O–H groups in total. The Morgan fingerprint density at radius 3 is 2.69 bits per heavy atom. The molecule has 0 aliphatic heterocycles. The summed E-state index contributed by atoms with van der Waals surface area (Å²) < 4.78 is 24.5. The average molecular weight is 208 g/mol. The summed E-state index contributed by atoms with van der Waals surface area (Å²) in [5.74, 6) is 0. The van der Waals surface area contributed by atoms with E-state index in [1.165, 1.54) is 0 Å². The van der Waals surface area contributed by atoms with Crippen molar-refractivity contribution in [3.8, 4) is 0 Å². The zero-order valence-corrected chi connectivity index (χ0v) is 7.65. The van der Waals surface area contributed by atoms with Crippen molar-refractivity contribution in [1.82, 2.24) is 4.98 Å². The van der Waals surface area contributed by atoms with Gasteiger partial charge < -0.3 is 5.11 Å². The van der Waals surface area contributed by atoms with Gasteiger partial charge in [-0.3, -0.25) is 4.98 Å². The van der Waals surface area contributed by atoms with Crippen molar-refractivity contribution in [2.24, 2.45) is 0 Å². The lowest BCUT2D eigenvalue weighted by Crippen LogP contribution is -1.98. The molecule has 1 aromatic rings. The second-order valence-corrected chi connectivity index (χ2v) is 2.94. The van der Waals surface area contributed by atoms with Gasteiger partial charge in [-0.05, 0) is 12.5 Å². The summed E-state index contributed by atoms with van der Waals surface area (Å²) in [5.41, 5.74) is 0.438. The second kappa shape index (κ2) is 3.98. The van der Waals surface area contributed by atoms with Crippen molar-refractivity contribution in [1.29, 1.82) is 0 Å². The molecule has 13 heavy (non-hydrogen) atoms. The lowest BCUT2D eigenvalue weighted by Gasteiger charge is -2.08. The molecule has 1 aromatic heterocycles. The lowest BCUT2D eigenvalue weighted by atomic mass is 10.1. The molecule has 2 nitrogen and oxygen atoms in total. The highest BCUT2D eigenvalue weighted by Crippen LogP contribution is 2.29. The van der Waals surface area contributed by atoms with Crippen molar-refractivity contribution in [2.45, 2.75) is 20.0 Å². The Morgan fingerprint density at radius 2 is 2.23 bits per heavy atom. The van der Waals surface area contributed by atoms with Crippen LogP contribution in [0.15, 0.2) is 6.20 Å². The van der Waals surface area contributed by atoms with Gasteiger partial charge in [0.05, 0.1) is 22.9 Å². The number of hydrogen-bond acceptors (Lipinski definition) is 2. The van der Waals surface area contributed by atoms with Gasteiger partial charge in [-0.15, -0.1) is 0 Å². The van der Waals surface area contributed by atoms with E-state index in [4.69, 9.17) is 16.7 Å². The van der Waals surface area contributed by atoms with Crippen LogP contribution in [0, 0.1) is 6.92 Å². The first-order valence-electron chi connectivity index (χ1n) is 3.60. The minimum Gasteiger partial charge on any atom is -0.390 e. The van der Waals surface area contributed by atoms with E-state index < -0.39 is 6.43 Å². The van der Waals surface area contributed by atoms with Crippen molar-refractivity contribution in [3.63, 3.8) is 0 Å². The SMILES string of the molecule is Cc1c(CO)ncc(C(F)F)c1Cl. The summed E-state index contributed by atoms with van der Waals surface area (Å²) in [7, 11) is 0. The highest BCUT2D eigenvalue weighted by atomic mass is 35.5. The third-order valence-electron chi connectivity index (χ3n) is 1.76. The van der Waals surface area contributed by atoms with Crippen LogP contribution in [0.3, 0.4) is 0 Å². The molecule has 0 bridgehead atoms. The fourth-order valence-corrected chi connectivity index (χ4v) is 1.20. The van der Waals surface area contributed by atoms with Gasteiger partial charge in [-0.25, -0.2) is 8.78 Å². The maximum Gasteiger partial charge on any atom is 0.266 e. The number of pyridine rings is 1. The Bertz CT molecular complexity index is 317. The van der Waals surface area contributed by atoms with Crippen molar-refractivity contribution in [2.75, 3.05) is 0 Å². The first-order valence-corrected chi connectivity index (χ1v) is 3.98. The normalized spacial score (nSPS) is 10.9. The average Bonchev–Trinajstić information content (AvgIpc) is 2.09. The highest BCUT2D eigenvalue weighted by molar-refractivity contribution is 6.32. The van der Waals surface area contributed by atoms with Crippen LogP contribution in [-0.4, -0.2) is 10.1 Å². The maximum atomic E-state index is 12.3. The molecule has 0 radical (unpaired) electrons. The maximum absolute atomic E-state index is 12.3. The molecule has 0 aliphatic carbocycles. The monoisotopic (exact) mass is 207 g/mol. The molecular weight excluding hydrogens is 200 g/mol. The van der Waals surface area contributed by atoms with Crippen LogP contribution in [-0.2, 0) is 6.61 Å². The van der Waals surface area contributed by atoms with Crippen LogP contribution in [0.5, 0.6) is 0 Å². The summed E-state index contributed by atoms with van der Waals surface area (Å²) in [6, 6.07) is 0. The Labute approximate surface area is 79.2 Å². The van der Waals surface area contributed by atoms with Gasteiger partial charge in [0.25, 0.3) is 6.43 Å². The van der Waals surface area contributed by atoms with Gasteiger partial charge in [-0.1, -0.05) is 11.6 Å². The number of aliphatic hydroxyl groups is 1. The van der Waals surface area contributed by atoms with E-state index >= 15 is 0 Å². The summed E-state index contributed by atoms with van der Waals surface area (Å²) >= 11 is 5.64. The van der Waals surface area contributed by atoms with Crippen molar-refractivity contribution >= 4 is 11.6 Å². The van der Waals surface area contributed by atoms with Gasteiger partial charge in [0.2, 0.25) is 0 Å². The number of rotatable bonds is 2. The molecule has 5 heteroatoms. The van der Waals surface area contributed by atoms with Crippen LogP contribution in [0.4, 0.5) is 8.78 Å². The summed E-state index contributed by atoms with van der Waals surface area (Å²) in [5, 5.41) is 8.74. The molecule has 1 heterocycles. The smallest absolute Gasteiger partial charge is 0.266 e. The molecule has 0 fully saturated rings. The van der Waals surface area contributed by atoms with Gasteiger partial charge >= 0.3 is 0 Å². The molecule has 0 atom stereocenters. The second-order valence-electron chi connectivity index (χ2n) is 2.56. The van der Waals surface area contributed by atoms with Crippen LogP contribution in [0.25, 0.3) is 0 Å². The molecule has 0 spiro atoms. The minimum atomic E-state index is -2.63. The van der Waals surface area contributed by atoms with E-state index in [1.54, 1.807) is 6.92 Å². The highest BCUT2D eigenvalue weighted by Gasteiger charge is 2.15. The fraction of sp³-hybridized carbons (Fsp3) is 0.375. The van der Waals surface area contributed by atoms with Crippen molar-refractivity contribution < 1.29 is 13.9 Å². The zero-order valence-electron chi connectivity index (χ0n) is 6.89. The van der Waals surface area contributed by atoms with Gasteiger partial charge in [0.1, 0.15) is 0 Å². The predicted molar refractivity (Wildman–Crippen MR) is 44.9 cm³/mol. The number of aromatic nitrogens is 1. The van der Waals surface area contributed by atoms with E-state index in [1.807, 2.05) is 0 Å². The van der Waals surface area contributed by atoms with Crippen LogP contribution >= 0.6 is 11.6 Å². The van der Waals surface area contributed by atoms with Gasteiger partial charge in [0, 0.05) is 6.20 Å². The molecule has 0 aromatic carbocycles. The summed E-state index contributed by atoms with van der Waals surface area (Å²) in [6.07, 6.45) is -1.64. The van der Waals surface area contributed by atoms with E-state index in [0.717, 1.165) is 6.20 Å². The van der Waals surface area contributed by atoms with E-state index in [9.17, 15) is 8.78 Å². The standard InChI is InChI=1S/C8H8ClF2NO/c1-4-6(3-13)12-2-5(7(4)9)8(10)11/h2,8,13H,3H2,1H3. The van der Waals surface area contributed by atoms with Crippen LogP contribution in [0.2, 0.25) is 5.02 Å². The van der Waals surface area contributed by atoms with Crippen LogP contribution in [0.1, 0.15) is 23.2 Å². The lowest BCUT2D eigenvalue weighted by molar-refractivity contribution is 0.151. The van der Waals surface area contributed by atoms with Crippen LogP contribution < -0.4 is 0 Å².